The Hall–Kier alpha value is -0.0300. The third-order valence-electron chi connectivity index (χ3n) is 4.07. The zero-order chi connectivity index (χ0) is 15.8. The van der Waals surface area contributed by atoms with Gasteiger partial charge < -0.3 is 9.47 Å². The summed E-state index contributed by atoms with van der Waals surface area (Å²) in [7, 11) is 0. The Kier molecular flexibility index (Phi) is 8.29. The number of hydrogen-bond donors (Lipinski definition) is 0. The molecule has 1 aromatic rings. The summed E-state index contributed by atoms with van der Waals surface area (Å²) in [4.78, 5) is 1.31. The van der Waals surface area contributed by atoms with Crippen LogP contribution in [0, 0.1) is 5.92 Å². The molecule has 0 N–H and O–H groups in total. The standard InChI is InChI=1S/C18H27BrO2S/c1-3-20-18(21-4-2)16-12-15(10-11-17(16)19)22-13-14-8-6-5-7-9-14/h10-12,14,18H,3-9,13H2,1-2H3. The van der Waals surface area contributed by atoms with E-state index in [4.69, 9.17) is 9.47 Å². The van der Waals surface area contributed by atoms with Gasteiger partial charge in [0.1, 0.15) is 0 Å². The van der Waals surface area contributed by atoms with Gasteiger partial charge in [-0.15, -0.1) is 11.8 Å². The zero-order valence-corrected chi connectivity index (χ0v) is 16.0. The van der Waals surface area contributed by atoms with Crippen LogP contribution in [0.2, 0.25) is 0 Å². The SMILES string of the molecule is CCOC(OCC)c1cc(SCC2CCCCC2)ccc1Br. The van der Waals surface area contributed by atoms with Crippen molar-refractivity contribution in [2.24, 2.45) is 5.92 Å². The quantitative estimate of drug-likeness (QED) is 0.391. The summed E-state index contributed by atoms with van der Waals surface area (Å²) < 4.78 is 12.5. The first-order valence-electron chi connectivity index (χ1n) is 8.40. The lowest BCUT2D eigenvalue weighted by molar-refractivity contribution is -0.140. The lowest BCUT2D eigenvalue weighted by Crippen LogP contribution is -2.10. The highest BCUT2D eigenvalue weighted by Gasteiger charge is 2.17. The van der Waals surface area contributed by atoms with Gasteiger partial charge in [0.05, 0.1) is 0 Å². The smallest absolute Gasteiger partial charge is 0.184 e. The lowest BCUT2D eigenvalue weighted by Gasteiger charge is -2.22. The maximum atomic E-state index is 5.74. The van der Waals surface area contributed by atoms with Gasteiger partial charge in [-0.1, -0.05) is 35.2 Å². The van der Waals surface area contributed by atoms with E-state index in [1.54, 1.807) is 0 Å². The van der Waals surface area contributed by atoms with Crippen molar-refractivity contribution in [2.45, 2.75) is 57.1 Å². The molecule has 0 atom stereocenters. The molecule has 0 unspecified atom stereocenters. The second kappa shape index (κ2) is 9.96. The maximum absolute atomic E-state index is 5.74. The average molecular weight is 387 g/mol. The molecule has 0 bridgehead atoms. The molecule has 1 aliphatic carbocycles. The topological polar surface area (TPSA) is 18.5 Å². The van der Waals surface area contributed by atoms with E-state index in [-0.39, 0.29) is 6.29 Å². The van der Waals surface area contributed by atoms with Gasteiger partial charge in [0.2, 0.25) is 0 Å². The van der Waals surface area contributed by atoms with Crippen molar-refractivity contribution in [3.63, 3.8) is 0 Å². The van der Waals surface area contributed by atoms with Crippen molar-refractivity contribution in [3.8, 4) is 0 Å². The molecule has 1 aromatic carbocycles. The highest BCUT2D eigenvalue weighted by molar-refractivity contribution is 9.10. The molecule has 1 saturated carbocycles. The van der Waals surface area contributed by atoms with E-state index in [0.29, 0.717) is 13.2 Å². The van der Waals surface area contributed by atoms with Gasteiger partial charge in [-0.3, -0.25) is 0 Å². The van der Waals surface area contributed by atoms with E-state index in [1.807, 2.05) is 25.6 Å². The molecule has 1 aliphatic rings. The van der Waals surface area contributed by atoms with E-state index in [1.165, 1.54) is 42.8 Å². The Balaban J connectivity index is 2.01. The number of benzene rings is 1. The molecule has 0 aromatic heterocycles. The molecule has 1 fully saturated rings. The van der Waals surface area contributed by atoms with E-state index in [2.05, 4.69) is 34.1 Å². The summed E-state index contributed by atoms with van der Waals surface area (Å²) in [5.41, 5.74) is 1.09. The van der Waals surface area contributed by atoms with Gasteiger partial charge >= 0.3 is 0 Å². The molecule has 0 radical (unpaired) electrons. The third kappa shape index (κ3) is 5.55. The van der Waals surface area contributed by atoms with Crippen molar-refractivity contribution in [1.29, 1.82) is 0 Å². The second-order valence-corrected chi connectivity index (χ2v) is 7.69. The summed E-state index contributed by atoms with van der Waals surface area (Å²) in [6, 6.07) is 6.52. The summed E-state index contributed by atoms with van der Waals surface area (Å²) in [5, 5.41) is 0. The van der Waals surface area contributed by atoms with Crippen LogP contribution in [-0.2, 0) is 9.47 Å². The molecule has 0 amide bonds. The van der Waals surface area contributed by atoms with Crippen LogP contribution < -0.4 is 0 Å². The summed E-state index contributed by atoms with van der Waals surface area (Å²) in [6.07, 6.45) is 6.77. The molecule has 0 aliphatic heterocycles. The first-order chi connectivity index (χ1) is 10.7. The van der Waals surface area contributed by atoms with Crippen molar-refractivity contribution in [2.75, 3.05) is 19.0 Å². The summed E-state index contributed by atoms with van der Waals surface area (Å²) >= 11 is 5.60. The van der Waals surface area contributed by atoms with Crippen LogP contribution in [0.5, 0.6) is 0 Å². The fourth-order valence-corrected chi connectivity index (χ4v) is 4.46. The van der Waals surface area contributed by atoms with Crippen LogP contribution in [0.4, 0.5) is 0 Å². The molecule has 0 saturated heterocycles. The minimum atomic E-state index is -0.278. The van der Waals surface area contributed by atoms with Gasteiger partial charge in [-0.2, -0.15) is 0 Å². The minimum Gasteiger partial charge on any atom is -0.349 e. The molecular formula is C18H27BrO2S. The van der Waals surface area contributed by atoms with Gasteiger partial charge in [-0.05, 0) is 50.8 Å². The van der Waals surface area contributed by atoms with Gasteiger partial charge in [0.15, 0.2) is 6.29 Å². The number of hydrogen-bond acceptors (Lipinski definition) is 3. The monoisotopic (exact) mass is 386 g/mol. The van der Waals surface area contributed by atoms with Gasteiger partial charge in [0.25, 0.3) is 0 Å². The van der Waals surface area contributed by atoms with E-state index in [9.17, 15) is 0 Å². The Labute approximate surface area is 147 Å². The molecule has 2 rings (SSSR count). The summed E-state index contributed by atoms with van der Waals surface area (Å²) in [5.74, 6) is 2.12. The Morgan fingerprint density at radius 2 is 1.82 bits per heavy atom. The van der Waals surface area contributed by atoms with E-state index < -0.39 is 0 Å². The average Bonchev–Trinajstić information content (AvgIpc) is 2.55. The maximum Gasteiger partial charge on any atom is 0.184 e. The Morgan fingerprint density at radius 3 is 2.45 bits per heavy atom. The predicted molar refractivity (Wildman–Crippen MR) is 97.4 cm³/mol. The second-order valence-electron chi connectivity index (χ2n) is 5.74. The van der Waals surface area contributed by atoms with Crippen LogP contribution in [-0.4, -0.2) is 19.0 Å². The molecule has 2 nitrogen and oxygen atoms in total. The summed E-state index contributed by atoms with van der Waals surface area (Å²) in [6.45, 7) is 5.30. The molecule has 0 spiro atoms. The van der Waals surface area contributed by atoms with Crippen LogP contribution >= 0.6 is 27.7 Å². The normalized spacial score (nSPS) is 16.4. The van der Waals surface area contributed by atoms with Gasteiger partial charge in [-0.25, -0.2) is 0 Å². The van der Waals surface area contributed by atoms with Crippen molar-refractivity contribution < 1.29 is 9.47 Å². The third-order valence-corrected chi connectivity index (χ3v) is 6.02. The number of rotatable bonds is 8. The molecule has 4 heteroatoms. The molecule has 0 heterocycles. The number of ether oxygens (including phenoxy) is 2. The first kappa shape index (κ1) is 18.3. The number of thioether (sulfide) groups is 1. The van der Waals surface area contributed by atoms with Crippen LogP contribution in [0.25, 0.3) is 0 Å². The van der Waals surface area contributed by atoms with Crippen LogP contribution in [0.1, 0.15) is 57.8 Å². The number of halogens is 1. The largest absolute Gasteiger partial charge is 0.349 e. The fraction of sp³-hybridized carbons (Fsp3) is 0.667. The van der Waals surface area contributed by atoms with Crippen molar-refractivity contribution in [1.82, 2.24) is 0 Å². The molecular weight excluding hydrogens is 360 g/mol. The predicted octanol–water partition coefficient (Wildman–Crippen LogP) is 6.19. The van der Waals surface area contributed by atoms with Crippen LogP contribution in [0.3, 0.4) is 0 Å². The van der Waals surface area contributed by atoms with Crippen molar-refractivity contribution >= 4 is 27.7 Å². The van der Waals surface area contributed by atoms with Crippen molar-refractivity contribution in [3.05, 3.63) is 28.2 Å². The highest BCUT2D eigenvalue weighted by Crippen LogP contribution is 2.34. The Morgan fingerprint density at radius 1 is 1.14 bits per heavy atom. The van der Waals surface area contributed by atoms with E-state index >= 15 is 0 Å². The molecule has 22 heavy (non-hydrogen) atoms. The highest BCUT2D eigenvalue weighted by atomic mass is 79.9. The first-order valence-corrected chi connectivity index (χ1v) is 10.2. The van der Waals surface area contributed by atoms with E-state index in [0.717, 1.165) is 16.0 Å². The minimum absolute atomic E-state index is 0.278. The fourth-order valence-electron chi connectivity index (χ4n) is 2.89. The van der Waals surface area contributed by atoms with Gasteiger partial charge in [0, 0.05) is 33.9 Å². The van der Waals surface area contributed by atoms with Crippen LogP contribution in [0.15, 0.2) is 27.6 Å². The lowest BCUT2D eigenvalue weighted by atomic mass is 9.91. The Bertz CT molecular complexity index is 441. The molecule has 124 valence electrons. The zero-order valence-electron chi connectivity index (χ0n) is 13.6.